The van der Waals surface area contributed by atoms with Gasteiger partial charge in [-0.15, -0.1) is 11.3 Å². The van der Waals surface area contributed by atoms with Gasteiger partial charge in [-0.05, 0) is 50.3 Å². The predicted molar refractivity (Wildman–Crippen MR) is 112 cm³/mol. The molecule has 0 radical (unpaired) electrons. The van der Waals surface area contributed by atoms with Crippen LogP contribution in [0.1, 0.15) is 40.8 Å². The fourth-order valence-electron chi connectivity index (χ4n) is 3.63. The lowest BCUT2D eigenvalue weighted by atomic mass is 9.99. The van der Waals surface area contributed by atoms with Gasteiger partial charge < -0.3 is 10.2 Å². The number of aromatic nitrogens is 2. The Kier molecular flexibility index (Phi) is 5.02. The van der Waals surface area contributed by atoms with Gasteiger partial charge in [0.15, 0.2) is 0 Å². The quantitative estimate of drug-likeness (QED) is 0.679. The molecule has 0 saturated carbocycles. The Bertz CT molecular complexity index is 1040. The van der Waals surface area contributed by atoms with Crippen LogP contribution in [0, 0.1) is 25.6 Å². The van der Waals surface area contributed by atoms with Crippen molar-refractivity contribution < 1.29 is 9.18 Å². The first-order valence-corrected chi connectivity index (χ1v) is 10.3. The number of anilines is 2. The number of hydrogen-bond donors (Lipinski definition) is 1. The number of halogens is 1. The smallest absolute Gasteiger partial charge is 0.266 e. The van der Waals surface area contributed by atoms with Gasteiger partial charge in [0, 0.05) is 13.1 Å². The third-order valence-corrected chi connectivity index (χ3v) is 6.48. The van der Waals surface area contributed by atoms with Crippen LogP contribution in [-0.2, 0) is 0 Å². The molecule has 3 aromatic rings. The number of nitrogens with zero attached hydrogens (tertiary/aromatic N) is 3. The SMILES string of the molecule is Cc1nc(N2CCC(C)CC2)c2c(C)c(C(=O)Nc3ccccc3F)sc2n1. The van der Waals surface area contributed by atoms with Crippen molar-refractivity contribution in [2.45, 2.75) is 33.6 Å². The van der Waals surface area contributed by atoms with E-state index in [1.54, 1.807) is 18.2 Å². The Morgan fingerprint density at radius 1 is 1.21 bits per heavy atom. The molecule has 7 heteroatoms. The summed E-state index contributed by atoms with van der Waals surface area (Å²) in [5, 5.41) is 3.62. The minimum absolute atomic E-state index is 0.178. The van der Waals surface area contributed by atoms with E-state index in [1.807, 2.05) is 13.8 Å². The molecule has 3 heterocycles. The summed E-state index contributed by atoms with van der Waals surface area (Å²) in [4.78, 5) is 25.8. The standard InChI is InChI=1S/C21H23FN4OS/c1-12-8-10-26(11-9-12)19-17-13(2)18(28-21(17)24-14(3)23-19)20(27)25-16-7-5-4-6-15(16)22/h4-7,12H,8-11H2,1-3H3,(H,25,27). The first-order valence-electron chi connectivity index (χ1n) is 9.52. The highest BCUT2D eigenvalue weighted by atomic mass is 32.1. The van der Waals surface area contributed by atoms with Gasteiger partial charge in [0.1, 0.15) is 22.3 Å². The lowest BCUT2D eigenvalue weighted by Crippen LogP contribution is -2.33. The topological polar surface area (TPSA) is 58.1 Å². The van der Waals surface area contributed by atoms with Crippen LogP contribution in [-0.4, -0.2) is 29.0 Å². The molecule has 1 saturated heterocycles. The molecule has 0 spiro atoms. The average Bonchev–Trinajstić information content (AvgIpc) is 3.00. The summed E-state index contributed by atoms with van der Waals surface area (Å²) in [6, 6.07) is 6.18. The van der Waals surface area contributed by atoms with Crippen molar-refractivity contribution in [2.24, 2.45) is 5.92 Å². The van der Waals surface area contributed by atoms with Crippen molar-refractivity contribution in [3.63, 3.8) is 0 Å². The number of aryl methyl sites for hydroxylation is 2. The molecular weight excluding hydrogens is 375 g/mol. The monoisotopic (exact) mass is 398 g/mol. The molecule has 2 aromatic heterocycles. The van der Waals surface area contributed by atoms with Gasteiger partial charge in [0.25, 0.3) is 5.91 Å². The second-order valence-corrected chi connectivity index (χ2v) is 8.43. The first-order chi connectivity index (χ1) is 13.4. The van der Waals surface area contributed by atoms with E-state index < -0.39 is 5.82 Å². The van der Waals surface area contributed by atoms with Gasteiger partial charge in [0.2, 0.25) is 0 Å². The number of carbonyl (C=O) groups excluding carboxylic acids is 1. The molecule has 1 aliphatic rings. The molecular formula is C21H23FN4OS. The number of amides is 1. The van der Waals surface area contributed by atoms with Crippen LogP contribution in [0.5, 0.6) is 0 Å². The van der Waals surface area contributed by atoms with Crippen molar-refractivity contribution >= 4 is 39.0 Å². The van der Waals surface area contributed by atoms with Crippen LogP contribution in [0.2, 0.25) is 0 Å². The molecule has 0 aliphatic carbocycles. The van der Waals surface area contributed by atoms with Crippen LogP contribution >= 0.6 is 11.3 Å². The van der Waals surface area contributed by atoms with Crippen LogP contribution in [0.4, 0.5) is 15.9 Å². The van der Waals surface area contributed by atoms with E-state index in [4.69, 9.17) is 4.98 Å². The number of thiophene rings is 1. The minimum Gasteiger partial charge on any atom is -0.356 e. The Morgan fingerprint density at radius 2 is 1.93 bits per heavy atom. The molecule has 28 heavy (non-hydrogen) atoms. The largest absolute Gasteiger partial charge is 0.356 e. The highest BCUT2D eigenvalue weighted by Crippen LogP contribution is 2.37. The van der Waals surface area contributed by atoms with Crippen molar-refractivity contribution in [3.05, 3.63) is 46.3 Å². The van der Waals surface area contributed by atoms with Crippen molar-refractivity contribution in [1.82, 2.24) is 9.97 Å². The zero-order chi connectivity index (χ0) is 19.8. The number of nitrogens with one attached hydrogen (secondary N) is 1. The fraction of sp³-hybridized carbons (Fsp3) is 0.381. The van der Waals surface area contributed by atoms with E-state index in [-0.39, 0.29) is 11.6 Å². The molecule has 0 atom stereocenters. The highest BCUT2D eigenvalue weighted by molar-refractivity contribution is 7.20. The van der Waals surface area contributed by atoms with Crippen molar-refractivity contribution in [1.29, 1.82) is 0 Å². The van der Waals surface area contributed by atoms with E-state index >= 15 is 0 Å². The average molecular weight is 399 g/mol. The van der Waals surface area contributed by atoms with E-state index in [2.05, 4.69) is 22.1 Å². The van der Waals surface area contributed by atoms with Gasteiger partial charge in [-0.2, -0.15) is 0 Å². The molecule has 1 aromatic carbocycles. The van der Waals surface area contributed by atoms with E-state index in [1.165, 1.54) is 17.4 Å². The number of piperidine rings is 1. The van der Waals surface area contributed by atoms with Crippen LogP contribution in [0.3, 0.4) is 0 Å². The highest BCUT2D eigenvalue weighted by Gasteiger charge is 2.25. The molecule has 4 rings (SSSR count). The Balaban J connectivity index is 1.73. The lowest BCUT2D eigenvalue weighted by Gasteiger charge is -2.31. The number of fused-ring (bicyclic) bond motifs is 1. The van der Waals surface area contributed by atoms with E-state index in [0.717, 1.165) is 53.4 Å². The third kappa shape index (κ3) is 3.46. The van der Waals surface area contributed by atoms with Crippen molar-refractivity contribution in [3.8, 4) is 0 Å². The molecule has 1 fully saturated rings. The first kappa shape index (κ1) is 18.8. The van der Waals surface area contributed by atoms with Crippen LogP contribution in [0.25, 0.3) is 10.2 Å². The predicted octanol–water partition coefficient (Wildman–Crippen LogP) is 4.94. The van der Waals surface area contributed by atoms with Gasteiger partial charge >= 0.3 is 0 Å². The molecule has 1 amide bonds. The zero-order valence-corrected chi connectivity index (χ0v) is 17.1. The van der Waals surface area contributed by atoms with E-state index in [9.17, 15) is 9.18 Å². The second-order valence-electron chi connectivity index (χ2n) is 7.43. The second kappa shape index (κ2) is 7.47. The summed E-state index contributed by atoms with van der Waals surface area (Å²) in [6.45, 7) is 7.99. The lowest BCUT2D eigenvalue weighted by molar-refractivity contribution is 0.102. The fourth-order valence-corrected chi connectivity index (χ4v) is 4.75. The van der Waals surface area contributed by atoms with Crippen LogP contribution in [0.15, 0.2) is 24.3 Å². The van der Waals surface area contributed by atoms with Crippen molar-refractivity contribution in [2.75, 3.05) is 23.3 Å². The number of benzene rings is 1. The molecule has 146 valence electrons. The molecule has 5 nitrogen and oxygen atoms in total. The number of hydrogen-bond acceptors (Lipinski definition) is 5. The summed E-state index contributed by atoms with van der Waals surface area (Å²) in [5.41, 5.74) is 1.03. The maximum Gasteiger partial charge on any atom is 0.266 e. The summed E-state index contributed by atoms with van der Waals surface area (Å²) in [7, 11) is 0. The minimum atomic E-state index is -0.451. The molecule has 1 aliphatic heterocycles. The Morgan fingerprint density at radius 3 is 2.64 bits per heavy atom. The molecule has 0 unspecified atom stereocenters. The van der Waals surface area contributed by atoms with Crippen LogP contribution < -0.4 is 10.2 Å². The maximum atomic E-state index is 13.9. The van der Waals surface area contributed by atoms with Gasteiger partial charge in [-0.25, -0.2) is 14.4 Å². The van der Waals surface area contributed by atoms with E-state index in [0.29, 0.717) is 10.7 Å². The number of para-hydroxylation sites is 1. The normalized spacial score (nSPS) is 15.2. The van der Waals surface area contributed by atoms with Gasteiger partial charge in [0.05, 0.1) is 16.0 Å². The van der Waals surface area contributed by atoms with Gasteiger partial charge in [-0.1, -0.05) is 19.1 Å². The number of carbonyl (C=O) groups is 1. The molecule has 0 bridgehead atoms. The third-order valence-electron chi connectivity index (χ3n) is 5.29. The number of rotatable bonds is 3. The Hall–Kier alpha value is -2.54. The molecule has 1 N–H and O–H groups in total. The summed E-state index contributed by atoms with van der Waals surface area (Å²) >= 11 is 1.34. The maximum absolute atomic E-state index is 13.9. The van der Waals surface area contributed by atoms with Gasteiger partial charge in [-0.3, -0.25) is 4.79 Å². The zero-order valence-electron chi connectivity index (χ0n) is 16.3. The summed E-state index contributed by atoms with van der Waals surface area (Å²) < 4.78 is 13.9. The summed E-state index contributed by atoms with van der Waals surface area (Å²) in [6.07, 6.45) is 2.27. The summed E-state index contributed by atoms with van der Waals surface area (Å²) in [5.74, 6) is 1.56. The Labute approximate surface area is 167 Å².